The Labute approximate surface area is 174 Å². The molecule has 162 valence electrons. The smallest absolute Gasteiger partial charge is 0.491 e. The van der Waals surface area contributed by atoms with Crippen LogP contribution in [0.1, 0.15) is 55.4 Å². The molecule has 1 aliphatic heterocycles. The molecule has 1 aromatic rings. The maximum absolute atomic E-state index is 12.0. The molecule has 1 heterocycles. The van der Waals surface area contributed by atoms with Crippen LogP contribution >= 0.6 is 0 Å². The Hall–Kier alpha value is -1.77. The van der Waals surface area contributed by atoms with Gasteiger partial charge in [0.2, 0.25) is 0 Å². The molecule has 0 unspecified atom stereocenters. The van der Waals surface area contributed by atoms with Gasteiger partial charge in [-0.1, -0.05) is 12.1 Å². The number of hydrogen-bond donors (Lipinski definition) is 2. The summed E-state index contributed by atoms with van der Waals surface area (Å²) in [4.78, 5) is 12.0. The summed E-state index contributed by atoms with van der Waals surface area (Å²) in [6.07, 6.45) is -1.39. The number of amides is 1. The van der Waals surface area contributed by atoms with Crippen LogP contribution in [0.3, 0.4) is 0 Å². The second-order valence-electron chi connectivity index (χ2n) is 9.46. The van der Waals surface area contributed by atoms with Crippen LogP contribution in [-0.4, -0.2) is 53.9 Å². The Bertz CT molecular complexity index is 680. The first-order valence-corrected chi connectivity index (χ1v) is 9.96. The van der Waals surface area contributed by atoms with Gasteiger partial charge >= 0.3 is 13.2 Å². The van der Waals surface area contributed by atoms with Gasteiger partial charge in [-0.25, -0.2) is 4.79 Å². The fourth-order valence-electron chi connectivity index (χ4n) is 2.65. The molecule has 2 rings (SSSR count). The normalized spacial score (nSPS) is 20.1. The average Bonchev–Trinajstić information content (AvgIpc) is 2.78. The van der Waals surface area contributed by atoms with E-state index in [0.29, 0.717) is 5.75 Å². The minimum absolute atomic E-state index is 0.104. The molecule has 2 atom stereocenters. The molecule has 0 saturated carbocycles. The molecular weight excluding hydrogens is 373 g/mol. The van der Waals surface area contributed by atoms with E-state index in [4.69, 9.17) is 18.8 Å². The van der Waals surface area contributed by atoms with E-state index in [0.717, 1.165) is 5.46 Å². The van der Waals surface area contributed by atoms with E-state index in [1.54, 1.807) is 27.7 Å². The lowest BCUT2D eigenvalue weighted by molar-refractivity contribution is 0.00578. The molecule has 29 heavy (non-hydrogen) atoms. The van der Waals surface area contributed by atoms with E-state index in [1.165, 1.54) is 0 Å². The number of rotatable bonds is 6. The lowest BCUT2D eigenvalue weighted by atomic mass is 9.79. The van der Waals surface area contributed by atoms with E-state index in [-0.39, 0.29) is 6.61 Å². The molecule has 0 aromatic heterocycles. The van der Waals surface area contributed by atoms with Crippen LogP contribution in [-0.2, 0) is 14.0 Å². The van der Waals surface area contributed by atoms with Crippen LogP contribution < -0.4 is 15.5 Å². The highest BCUT2D eigenvalue weighted by molar-refractivity contribution is 6.62. The summed E-state index contributed by atoms with van der Waals surface area (Å²) >= 11 is 0. The Balaban J connectivity index is 1.94. The monoisotopic (exact) mass is 407 g/mol. The molecule has 1 saturated heterocycles. The van der Waals surface area contributed by atoms with E-state index in [2.05, 4.69) is 5.32 Å². The topological polar surface area (TPSA) is 86.3 Å². The van der Waals surface area contributed by atoms with Crippen molar-refractivity contribution in [1.82, 2.24) is 5.32 Å². The van der Waals surface area contributed by atoms with Crippen molar-refractivity contribution in [3.63, 3.8) is 0 Å². The van der Waals surface area contributed by atoms with Gasteiger partial charge in [0, 0.05) is 0 Å². The number of carbonyl (C=O) groups excluding carboxylic acids is 1. The molecule has 1 aromatic carbocycles. The maximum atomic E-state index is 12.0. The predicted octanol–water partition coefficient (Wildman–Crippen LogP) is 2.64. The Morgan fingerprint density at radius 1 is 1.14 bits per heavy atom. The highest BCUT2D eigenvalue weighted by atomic mass is 16.7. The molecule has 2 N–H and O–H groups in total. The second kappa shape index (κ2) is 8.54. The molecular formula is C21H34BNO6. The van der Waals surface area contributed by atoms with E-state index >= 15 is 0 Å². The Kier molecular flexibility index (Phi) is 6.92. The third-order valence-electron chi connectivity index (χ3n) is 5.12. The maximum Gasteiger partial charge on any atom is 0.494 e. The highest BCUT2D eigenvalue weighted by Crippen LogP contribution is 2.36. The van der Waals surface area contributed by atoms with Crippen LogP contribution in [0.2, 0.25) is 0 Å². The number of benzene rings is 1. The van der Waals surface area contributed by atoms with Gasteiger partial charge in [0.15, 0.2) is 0 Å². The number of alkyl carbamates (subject to hydrolysis) is 1. The fraction of sp³-hybridized carbons (Fsp3) is 0.667. The molecule has 0 spiro atoms. The average molecular weight is 407 g/mol. The van der Waals surface area contributed by atoms with Crippen LogP contribution in [0.25, 0.3) is 0 Å². The minimum atomic E-state index is -0.799. The summed E-state index contributed by atoms with van der Waals surface area (Å²) in [7, 11) is -0.437. The lowest BCUT2D eigenvalue weighted by Crippen LogP contribution is -2.47. The van der Waals surface area contributed by atoms with Gasteiger partial charge in [-0.05, 0) is 73.0 Å². The zero-order chi connectivity index (χ0) is 22.0. The summed E-state index contributed by atoms with van der Waals surface area (Å²) in [5.74, 6) is 0.613. The zero-order valence-electron chi connectivity index (χ0n) is 18.7. The van der Waals surface area contributed by atoms with Crippen LogP contribution in [0, 0.1) is 0 Å². The van der Waals surface area contributed by atoms with Crippen LogP contribution in [0.5, 0.6) is 5.75 Å². The first kappa shape index (κ1) is 23.5. The molecule has 0 aliphatic carbocycles. The van der Waals surface area contributed by atoms with E-state index in [9.17, 15) is 9.90 Å². The number of hydrogen-bond acceptors (Lipinski definition) is 6. The summed E-state index contributed by atoms with van der Waals surface area (Å²) < 4.78 is 23.1. The number of carbonyl (C=O) groups is 1. The van der Waals surface area contributed by atoms with Crippen LogP contribution in [0.4, 0.5) is 4.79 Å². The quantitative estimate of drug-likeness (QED) is 0.706. The van der Waals surface area contributed by atoms with E-state index < -0.39 is 42.2 Å². The SMILES string of the molecule is C[C@@H](O)[C@@H](COc1ccc(B2OC(C)(C)C(C)(C)O2)cc1)NC(=O)OC(C)(C)C. The zero-order valence-corrected chi connectivity index (χ0v) is 18.7. The van der Waals surface area contributed by atoms with Crippen molar-refractivity contribution in [2.75, 3.05) is 6.61 Å². The van der Waals surface area contributed by atoms with Gasteiger partial charge in [-0.3, -0.25) is 0 Å². The first-order valence-electron chi connectivity index (χ1n) is 9.96. The van der Waals surface area contributed by atoms with Crippen molar-refractivity contribution in [2.24, 2.45) is 0 Å². The molecule has 0 radical (unpaired) electrons. The molecule has 0 bridgehead atoms. The van der Waals surface area contributed by atoms with Gasteiger partial charge in [-0.15, -0.1) is 0 Å². The molecule has 8 heteroatoms. The van der Waals surface area contributed by atoms with Gasteiger partial charge in [0.25, 0.3) is 0 Å². The molecule has 1 aliphatic rings. The number of ether oxygens (including phenoxy) is 2. The van der Waals surface area contributed by atoms with Crippen molar-refractivity contribution in [1.29, 1.82) is 0 Å². The van der Waals surface area contributed by atoms with Crippen molar-refractivity contribution in [3.05, 3.63) is 24.3 Å². The van der Waals surface area contributed by atoms with Gasteiger partial charge in [-0.2, -0.15) is 0 Å². The summed E-state index contributed by atoms with van der Waals surface area (Å²) in [5, 5.41) is 12.6. The highest BCUT2D eigenvalue weighted by Gasteiger charge is 2.51. The Morgan fingerprint density at radius 2 is 1.66 bits per heavy atom. The fourth-order valence-corrected chi connectivity index (χ4v) is 2.65. The standard InChI is InChI=1S/C21H34BNO6/c1-14(24)17(23-18(25)27-19(2,3)4)13-26-16-11-9-15(10-12-16)22-28-20(5,6)21(7,8)29-22/h9-12,14,17,24H,13H2,1-8H3,(H,23,25)/t14-,17-/m1/s1. The summed E-state index contributed by atoms with van der Waals surface area (Å²) in [6.45, 7) is 15.1. The minimum Gasteiger partial charge on any atom is -0.491 e. The predicted molar refractivity (Wildman–Crippen MR) is 112 cm³/mol. The third kappa shape index (κ3) is 6.36. The van der Waals surface area contributed by atoms with Gasteiger partial charge in [0.1, 0.15) is 18.0 Å². The third-order valence-corrected chi connectivity index (χ3v) is 5.12. The molecule has 7 nitrogen and oxygen atoms in total. The summed E-state index contributed by atoms with van der Waals surface area (Å²) in [6, 6.07) is 6.79. The molecule has 1 fully saturated rings. The van der Waals surface area contributed by atoms with Crippen molar-refractivity contribution in [2.45, 2.75) is 84.3 Å². The Morgan fingerprint density at radius 3 is 2.10 bits per heavy atom. The van der Waals surface area contributed by atoms with Gasteiger partial charge in [0.05, 0.1) is 23.3 Å². The van der Waals surface area contributed by atoms with Crippen LogP contribution in [0.15, 0.2) is 24.3 Å². The first-order chi connectivity index (χ1) is 13.2. The largest absolute Gasteiger partial charge is 0.494 e. The lowest BCUT2D eigenvalue weighted by Gasteiger charge is -2.32. The van der Waals surface area contributed by atoms with E-state index in [1.807, 2.05) is 52.0 Å². The van der Waals surface area contributed by atoms with Gasteiger partial charge < -0.3 is 29.2 Å². The van der Waals surface area contributed by atoms with Crippen molar-refractivity contribution >= 4 is 18.7 Å². The van der Waals surface area contributed by atoms with Crippen molar-refractivity contribution < 1.29 is 28.7 Å². The number of nitrogens with one attached hydrogen (secondary N) is 1. The second-order valence-corrected chi connectivity index (χ2v) is 9.46. The molecule has 1 amide bonds. The number of aliphatic hydroxyl groups excluding tert-OH is 1. The number of aliphatic hydroxyl groups is 1. The summed E-state index contributed by atoms with van der Waals surface area (Å²) in [5.41, 5.74) is -0.512. The van der Waals surface area contributed by atoms with Crippen molar-refractivity contribution in [3.8, 4) is 5.75 Å².